The number of hydrogen-bond donors (Lipinski definition) is 1. The molecule has 0 spiro atoms. The van der Waals surface area contributed by atoms with E-state index in [-0.39, 0.29) is 30.0 Å². The van der Waals surface area contributed by atoms with E-state index < -0.39 is 0 Å². The Hall–Kier alpha value is -1.73. The second-order valence-corrected chi connectivity index (χ2v) is 5.34. The number of nitrogens with zero attached hydrogens (tertiary/aromatic N) is 1. The quantitative estimate of drug-likeness (QED) is 0.780. The van der Waals surface area contributed by atoms with Gasteiger partial charge in [0, 0.05) is 12.0 Å². The fourth-order valence-electron chi connectivity index (χ4n) is 3.45. The van der Waals surface area contributed by atoms with Gasteiger partial charge in [-0.3, -0.25) is 4.79 Å². The number of rotatable bonds is 1. The summed E-state index contributed by atoms with van der Waals surface area (Å²) in [6.45, 7) is 0. The first-order valence-electron chi connectivity index (χ1n) is 6.72. The number of amides is 1. The Kier molecular flexibility index (Phi) is 3.08. The Labute approximate surface area is 112 Å². The number of terminal acetylenes is 1. The molecule has 2 fully saturated rings. The molecule has 100 valence electrons. The minimum atomic E-state index is -0.344. The van der Waals surface area contributed by atoms with Crippen LogP contribution in [0.1, 0.15) is 36.2 Å². The zero-order valence-electron chi connectivity index (χ0n) is 10.7. The number of hydrogen-bond acceptors (Lipinski definition) is 3. The monoisotopic (exact) mass is 259 g/mol. The number of carbonyl (C=O) groups is 1. The third-order valence-corrected chi connectivity index (χ3v) is 4.34. The van der Waals surface area contributed by atoms with Gasteiger partial charge in [0.05, 0.1) is 18.4 Å². The molecule has 4 atom stereocenters. The van der Waals surface area contributed by atoms with Crippen LogP contribution in [0.5, 0.6) is 0 Å². The molecule has 19 heavy (non-hydrogen) atoms. The molecule has 3 rings (SSSR count). The molecule has 1 aromatic rings. The van der Waals surface area contributed by atoms with Gasteiger partial charge in [0.25, 0.3) is 5.91 Å². The second-order valence-electron chi connectivity index (χ2n) is 5.34. The molecule has 1 aliphatic carbocycles. The summed E-state index contributed by atoms with van der Waals surface area (Å²) in [7, 11) is 0. The molecule has 2 aliphatic rings. The van der Waals surface area contributed by atoms with Gasteiger partial charge in [-0.05, 0) is 37.8 Å². The van der Waals surface area contributed by atoms with E-state index >= 15 is 0 Å². The predicted molar refractivity (Wildman–Crippen MR) is 69.3 cm³/mol. The molecule has 0 aromatic carbocycles. The molecular weight excluding hydrogens is 242 g/mol. The van der Waals surface area contributed by atoms with E-state index in [9.17, 15) is 9.90 Å². The van der Waals surface area contributed by atoms with E-state index in [0.717, 1.165) is 19.3 Å². The lowest BCUT2D eigenvalue weighted by atomic mass is 9.82. The van der Waals surface area contributed by atoms with E-state index in [0.29, 0.717) is 12.2 Å². The van der Waals surface area contributed by atoms with Crippen molar-refractivity contribution in [2.75, 3.05) is 0 Å². The minimum absolute atomic E-state index is 0.0439. The SMILES string of the molecule is C#CC1CC2C(O)CCCC2N1C(=O)c1ccco1. The molecular formula is C15H17NO3. The van der Waals surface area contributed by atoms with Crippen molar-refractivity contribution in [3.8, 4) is 12.3 Å². The van der Waals surface area contributed by atoms with Crippen molar-refractivity contribution in [3.05, 3.63) is 24.2 Å². The zero-order valence-corrected chi connectivity index (χ0v) is 10.7. The molecule has 1 saturated carbocycles. The molecule has 4 nitrogen and oxygen atoms in total. The topological polar surface area (TPSA) is 53.7 Å². The zero-order chi connectivity index (χ0) is 13.4. The average Bonchev–Trinajstić information content (AvgIpc) is 3.05. The molecule has 1 N–H and O–H groups in total. The van der Waals surface area contributed by atoms with Crippen LogP contribution >= 0.6 is 0 Å². The highest BCUT2D eigenvalue weighted by Crippen LogP contribution is 2.40. The third kappa shape index (κ3) is 1.95. The molecule has 0 radical (unpaired) electrons. The molecule has 0 bridgehead atoms. The van der Waals surface area contributed by atoms with Crippen LogP contribution in [0.15, 0.2) is 22.8 Å². The summed E-state index contributed by atoms with van der Waals surface area (Å²) in [5.41, 5.74) is 0. The standard InChI is InChI=1S/C15H17NO3/c1-2-10-9-11-12(5-3-6-13(11)17)16(10)15(18)14-7-4-8-19-14/h1,4,7-8,10-13,17H,3,5-6,9H2. The third-order valence-electron chi connectivity index (χ3n) is 4.34. The lowest BCUT2D eigenvalue weighted by Crippen LogP contribution is -2.45. The van der Waals surface area contributed by atoms with Gasteiger partial charge in [0.15, 0.2) is 5.76 Å². The highest BCUT2D eigenvalue weighted by molar-refractivity contribution is 5.92. The van der Waals surface area contributed by atoms with Gasteiger partial charge >= 0.3 is 0 Å². The summed E-state index contributed by atoms with van der Waals surface area (Å²) in [6, 6.07) is 3.16. The molecule has 4 unspecified atom stereocenters. The normalized spacial score (nSPS) is 33.8. The summed E-state index contributed by atoms with van der Waals surface area (Å²) in [6.07, 6.45) is 10.0. The predicted octanol–water partition coefficient (Wildman–Crippen LogP) is 1.66. The Morgan fingerprint density at radius 3 is 3.05 bits per heavy atom. The molecule has 1 aromatic heterocycles. The van der Waals surface area contributed by atoms with E-state index in [1.165, 1.54) is 6.26 Å². The summed E-state index contributed by atoms with van der Waals surface area (Å²) in [5, 5.41) is 10.1. The van der Waals surface area contributed by atoms with E-state index in [4.69, 9.17) is 10.8 Å². The fourth-order valence-corrected chi connectivity index (χ4v) is 3.45. The molecule has 4 heteroatoms. The molecule has 2 heterocycles. The van der Waals surface area contributed by atoms with Crippen molar-refractivity contribution in [3.63, 3.8) is 0 Å². The van der Waals surface area contributed by atoms with Gasteiger partial charge in [-0.2, -0.15) is 0 Å². The van der Waals surface area contributed by atoms with E-state index in [1.54, 1.807) is 17.0 Å². The summed E-state index contributed by atoms with van der Waals surface area (Å²) < 4.78 is 5.18. The van der Waals surface area contributed by atoms with Crippen LogP contribution in [-0.2, 0) is 0 Å². The first-order valence-corrected chi connectivity index (χ1v) is 6.72. The van der Waals surface area contributed by atoms with Crippen LogP contribution in [0.2, 0.25) is 0 Å². The van der Waals surface area contributed by atoms with Gasteiger partial charge < -0.3 is 14.4 Å². The summed E-state index contributed by atoms with van der Waals surface area (Å²) in [5.74, 6) is 2.95. The number of aliphatic hydroxyl groups excluding tert-OH is 1. The lowest BCUT2D eigenvalue weighted by Gasteiger charge is -2.34. The van der Waals surface area contributed by atoms with Crippen molar-refractivity contribution in [1.29, 1.82) is 0 Å². The van der Waals surface area contributed by atoms with Gasteiger partial charge in [-0.1, -0.05) is 5.92 Å². The number of carbonyl (C=O) groups excluding carboxylic acids is 1. The van der Waals surface area contributed by atoms with Gasteiger partial charge in [-0.25, -0.2) is 0 Å². The van der Waals surface area contributed by atoms with Crippen LogP contribution in [0, 0.1) is 18.3 Å². The van der Waals surface area contributed by atoms with Gasteiger partial charge in [0.1, 0.15) is 0 Å². The summed E-state index contributed by atoms with van der Waals surface area (Å²) in [4.78, 5) is 14.2. The van der Waals surface area contributed by atoms with Gasteiger partial charge in [0.2, 0.25) is 0 Å². The Morgan fingerprint density at radius 2 is 2.37 bits per heavy atom. The highest BCUT2D eigenvalue weighted by Gasteiger charge is 2.47. The first-order chi connectivity index (χ1) is 9.22. The summed E-state index contributed by atoms with van der Waals surface area (Å²) >= 11 is 0. The Bertz CT molecular complexity index is 502. The number of fused-ring (bicyclic) bond motifs is 1. The fraction of sp³-hybridized carbons (Fsp3) is 0.533. The Balaban J connectivity index is 1.90. The van der Waals surface area contributed by atoms with Crippen LogP contribution in [0.3, 0.4) is 0 Å². The Morgan fingerprint density at radius 1 is 1.53 bits per heavy atom. The molecule has 1 amide bonds. The average molecular weight is 259 g/mol. The maximum absolute atomic E-state index is 12.5. The number of likely N-dealkylation sites (tertiary alicyclic amines) is 1. The molecule has 1 aliphatic heterocycles. The number of furan rings is 1. The van der Waals surface area contributed by atoms with Crippen molar-refractivity contribution in [1.82, 2.24) is 4.90 Å². The van der Waals surface area contributed by atoms with Crippen LogP contribution < -0.4 is 0 Å². The van der Waals surface area contributed by atoms with Crippen LogP contribution in [0.4, 0.5) is 0 Å². The van der Waals surface area contributed by atoms with E-state index in [2.05, 4.69) is 5.92 Å². The maximum Gasteiger partial charge on any atom is 0.290 e. The second kappa shape index (κ2) is 4.75. The smallest absolute Gasteiger partial charge is 0.290 e. The van der Waals surface area contributed by atoms with E-state index in [1.807, 2.05) is 0 Å². The van der Waals surface area contributed by atoms with Crippen molar-refractivity contribution < 1.29 is 14.3 Å². The molecule has 1 saturated heterocycles. The first kappa shape index (κ1) is 12.3. The van der Waals surface area contributed by atoms with Gasteiger partial charge in [-0.15, -0.1) is 6.42 Å². The van der Waals surface area contributed by atoms with Crippen molar-refractivity contribution in [2.24, 2.45) is 5.92 Å². The van der Waals surface area contributed by atoms with Crippen LogP contribution in [0.25, 0.3) is 0 Å². The highest BCUT2D eigenvalue weighted by atomic mass is 16.3. The maximum atomic E-state index is 12.5. The van der Waals surface area contributed by atoms with Crippen molar-refractivity contribution in [2.45, 2.75) is 43.9 Å². The lowest BCUT2D eigenvalue weighted by molar-refractivity contribution is 0.0340. The minimum Gasteiger partial charge on any atom is -0.459 e. The van der Waals surface area contributed by atoms with Crippen molar-refractivity contribution >= 4 is 5.91 Å². The largest absolute Gasteiger partial charge is 0.459 e. The van der Waals surface area contributed by atoms with Crippen LogP contribution in [-0.4, -0.2) is 34.1 Å². The number of aliphatic hydroxyl groups is 1.